The van der Waals surface area contributed by atoms with Crippen LogP contribution in [0.25, 0.3) is 21.3 Å². The van der Waals surface area contributed by atoms with E-state index in [0.717, 1.165) is 53.3 Å². The summed E-state index contributed by atoms with van der Waals surface area (Å²) in [5, 5.41) is 3.76. The van der Waals surface area contributed by atoms with Gasteiger partial charge in [0.05, 0.1) is 27.7 Å². The van der Waals surface area contributed by atoms with E-state index in [0.29, 0.717) is 11.4 Å². The molecule has 0 aliphatic carbocycles. The zero-order valence-corrected chi connectivity index (χ0v) is 17.8. The number of anilines is 2. The Labute approximate surface area is 183 Å². The molecule has 8 nitrogen and oxygen atoms in total. The predicted molar refractivity (Wildman–Crippen MR) is 123 cm³/mol. The summed E-state index contributed by atoms with van der Waals surface area (Å²) in [4.78, 5) is 35.7. The highest BCUT2D eigenvalue weighted by molar-refractivity contribution is 7.13. The fourth-order valence-electron chi connectivity index (χ4n) is 3.52. The predicted octanol–water partition coefficient (Wildman–Crippen LogP) is 3.15. The first-order valence-electron chi connectivity index (χ1n) is 10.0. The minimum absolute atomic E-state index is 0.240. The van der Waals surface area contributed by atoms with E-state index in [2.05, 4.69) is 42.1 Å². The Kier molecular flexibility index (Phi) is 5.27. The number of nitrogens with one attached hydrogen (secondary N) is 1. The molecular formula is C22H21N7OS. The van der Waals surface area contributed by atoms with E-state index in [4.69, 9.17) is 0 Å². The summed E-state index contributed by atoms with van der Waals surface area (Å²) in [6, 6.07) is 7.57. The smallest absolute Gasteiger partial charge is 0.258 e. The lowest BCUT2D eigenvalue weighted by atomic mass is 10.2. The number of likely N-dealkylation sites (N-methyl/N-ethyl adjacent to an activating group) is 1. The molecule has 156 valence electrons. The molecule has 5 heterocycles. The number of rotatable bonds is 4. The highest BCUT2D eigenvalue weighted by atomic mass is 32.1. The zero-order chi connectivity index (χ0) is 21.2. The number of carbonyl (C=O) groups excluding carboxylic acids is 1. The zero-order valence-electron chi connectivity index (χ0n) is 17.0. The SMILES string of the molecule is CN1CCN(c2ccc(C(=O)Nc3cc4cc(-c5cncs5)cnc4cn3)cn2)CC1. The van der Waals surface area contributed by atoms with E-state index < -0.39 is 0 Å². The van der Waals surface area contributed by atoms with Crippen molar-refractivity contribution in [2.24, 2.45) is 0 Å². The molecule has 1 amide bonds. The van der Waals surface area contributed by atoms with Gasteiger partial charge in [-0.3, -0.25) is 14.8 Å². The largest absolute Gasteiger partial charge is 0.354 e. The maximum Gasteiger partial charge on any atom is 0.258 e. The fourth-order valence-corrected chi connectivity index (χ4v) is 4.13. The molecule has 0 radical (unpaired) electrons. The highest BCUT2D eigenvalue weighted by Crippen LogP contribution is 2.26. The lowest BCUT2D eigenvalue weighted by Gasteiger charge is -2.33. The molecule has 0 unspecified atom stereocenters. The van der Waals surface area contributed by atoms with Crippen LogP contribution in [0.5, 0.6) is 0 Å². The van der Waals surface area contributed by atoms with E-state index in [1.54, 1.807) is 35.3 Å². The van der Waals surface area contributed by atoms with Crippen LogP contribution in [0.4, 0.5) is 11.6 Å². The van der Waals surface area contributed by atoms with E-state index in [9.17, 15) is 4.79 Å². The average molecular weight is 432 g/mol. The Balaban J connectivity index is 1.31. The van der Waals surface area contributed by atoms with Gasteiger partial charge in [0.15, 0.2) is 0 Å². The van der Waals surface area contributed by atoms with Crippen molar-refractivity contribution in [3.63, 3.8) is 0 Å². The Bertz CT molecular complexity index is 1200. The first kappa shape index (κ1) is 19.5. The molecule has 1 fully saturated rings. The van der Waals surface area contributed by atoms with Crippen molar-refractivity contribution in [2.75, 3.05) is 43.4 Å². The van der Waals surface area contributed by atoms with Gasteiger partial charge in [0, 0.05) is 55.7 Å². The van der Waals surface area contributed by atoms with Gasteiger partial charge < -0.3 is 15.1 Å². The third-order valence-electron chi connectivity index (χ3n) is 5.36. The fraction of sp³-hybridized carbons (Fsp3) is 0.227. The Morgan fingerprint density at radius 3 is 2.61 bits per heavy atom. The van der Waals surface area contributed by atoms with Gasteiger partial charge in [-0.2, -0.15) is 0 Å². The number of aromatic nitrogens is 4. The van der Waals surface area contributed by atoms with Crippen molar-refractivity contribution in [3.8, 4) is 10.4 Å². The third-order valence-corrected chi connectivity index (χ3v) is 6.19. The molecule has 0 saturated carbocycles. The van der Waals surface area contributed by atoms with Crippen LogP contribution in [0.1, 0.15) is 10.4 Å². The first-order chi connectivity index (χ1) is 15.2. The Morgan fingerprint density at radius 2 is 1.87 bits per heavy atom. The molecular weight excluding hydrogens is 410 g/mol. The van der Waals surface area contributed by atoms with Gasteiger partial charge >= 0.3 is 0 Å². The van der Waals surface area contributed by atoms with Crippen LogP contribution >= 0.6 is 11.3 Å². The number of hydrogen-bond donors (Lipinski definition) is 1. The molecule has 4 aromatic rings. The quantitative estimate of drug-likeness (QED) is 0.531. The van der Waals surface area contributed by atoms with Crippen LogP contribution in [0.2, 0.25) is 0 Å². The van der Waals surface area contributed by atoms with Gasteiger partial charge in [0.25, 0.3) is 5.91 Å². The second-order valence-corrected chi connectivity index (χ2v) is 8.39. The highest BCUT2D eigenvalue weighted by Gasteiger charge is 2.16. The van der Waals surface area contributed by atoms with Gasteiger partial charge in [-0.1, -0.05) is 0 Å². The van der Waals surface area contributed by atoms with E-state index in [-0.39, 0.29) is 5.91 Å². The van der Waals surface area contributed by atoms with Crippen molar-refractivity contribution in [1.29, 1.82) is 0 Å². The average Bonchev–Trinajstić information content (AvgIpc) is 3.34. The number of amides is 1. The van der Waals surface area contributed by atoms with Gasteiger partial charge in [-0.05, 0) is 31.3 Å². The van der Waals surface area contributed by atoms with E-state index in [1.807, 2.05) is 30.6 Å². The maximum atomic E-state index is 12.7. The normalized spacial score (nSPS) is 14.7. The van der Waals surface area contributed by atoms with Crippen LogP contribution in [-0.2, 0) is 0 Å². The Hall–Kier alpha value is -3.43. The van der Waals surface area contributed by atoms with Crippen LogP contribution in [-0.4, -0.2) is 64.0 Å². The number of carbonyl (C=O) groups is 1. The number of pyridine rings is 3. The molecule has 1 N–H and O–H groups in total. The van der Waals surface area contributed by atoms with Crippen LogP contribution in [0.3, 0.4) is 0 Å². The monoisotopic (exact) mass is 431 g/mol. The summed E-state index contributed by atoms with van der Waals surface area (Å²) in [5.74, 6) is 1.13. The molecule has 1 saturated heterocycles. The molecule has 0 aromatic carbocycles. The molecule has 1 aliphatic heterocycles. The second-order valence-electron chi connectivity index (χ2n) is 7.50. The second kappa shape index (κ2) is 8.37. The van der Waals surface area contributed by atoms with Gasteiger partial charge in [0.2, 0.25) is 0 Å². The molecule has 5 rings (SSSR count). The van der Waals surface area contributed by atoms with Crippen LogP contribution in [0, 0.1) is 0 Å². The molecule has 0 atom stereocenters. The summed E-state index contributed by atoms with van der Waals surface area (Å²) in [6.07, 6.45) is 6.91. The van der Waals surface area contributed by atoms with Gasteiger partial charge in [0.1, 0.15) is 11.6 Å². The lowest BCUT2D eigenvalue weighted by Crippen LogP contribution is -2.44. The standard InChI is InChI=1S/C22H21N7OS/c1-28-4-6-29(7-5-28)21-3-2-15(10-26-21)22(30)27-20-9-16-8-17(19-13-23-14-31-19)11-24-18(16)12-25-20/h2-3,8-14H,4-7H2,1H3,(H,25,27,30). The lowest BCUT2D eigenvalue weighted by molar-refractivity contribution is 0.102. The third kappa shape index (κ3) is 4.23. The number of fused-ring (bicyclic) bond motifs is 1. The number of thiazole rings is 1. The number of piperazine rings is 1. The van der Waals surface area contributed by atoms with Crippen molar-refractivity contribution in [1.82, 2.24) is 24.8 Å². The van der Waals surface area contributed by atoms with Crippen molar-refractivity contribution >= 4 is 39.8 Å². The summed E-state index contributed by atoms with van der Waals surface area (Å²) >= 11 is 1.56. The van der Waals surface area contributed by atoms with E-state index in [1.165, 1.54) is 0 Å². The molecule has 1 aliphatic rings. The minimum atomic E-state index is -0.240. The molecule has 9 heteroatoms. The Morgan fingerprint density at radius 1 is 1.00 bits per heavy atom. The minimum Gasteiger partial charge on any atom is -0.354 e. The van der Waals surface area contributed by atoms with Crippen LogP contribution < -0.4 is 10.2 Å². The summed E-state index contributed by atoms with van der Waals surface area (Å²) in [7, 11) is 2.12. The van der Waals surface area contributed by atoms with Crippen molar-refractivity contribution in [3.05, 3.63) is 60.1 Å². The van der Waals surface area contributed by atoms with Crippen molar-refractivity contribution in [2.45, 2.75) is 0 Å². The summed E-state index contributed by atoms with van der Waals surface area (Å²) in [6.45, 7) is 3.90. The summed E-state index contributed by atoms with van der Waals surface area (Å²) < 4.78 is 0. The molecule has 0 spiro atoms. The molecule has 4 aromatic heterocycles. The summed E-state index contributed by atoms with van der Waals surface area (Å²) in [5.41, 5.74) is 4.05. The van der Waals surface area contributed by atoms with Gasteiger partial charge in [-0.15, -0.1) is 11.3 Å². The van der Waals surface area contributed by atoms with Crippen molar-refractivity contribution < 1.29 is 4.79 Å². The van der Waals surface area contributed by atoms with Gasteiger partial charge in [-0.25, -0.2) is 9.97 Å². The molecule has 0 bridgehead atoms. The van der Waals surface area contributed by atoms with Crippen LogP contribution in [0.15, 0.2) is 54.6 Å². The molecule has 31 heavy (non-hydrogen) atoms. The topological polar surface area (TPSA) is 87.1 Å². The number of hydrogen-bond acceptors (Lipinski definition) is 8. The first-order valence-corrected chi connectivity index (χ1v) is 10.9. The maximum absolute atomic E-state index is 12.7. The number of nitrogens with zero attached hydrogens (tertiary/aromatic N) is 6. The van der Waals surface area contributed by atoms with E-state index >= 15 is 0 Å².